The standard InChI is InChI=1S/C22H28N2O4/c1-15(2)9-10-16(3)23-21(25)22(26)24-17-11-13-18(14-12-17)28-20-8-6-5-7-19(20)27-4/h5-8,11-16H,9-10H2,1-4H3,(H,23,25)(H,24,26). The third kappa shape index (κ3) is 6.61. The van der Waals surface area contributed by atoms with Crippen LogP contribution in [0, 0.1) is 5.92 Å². The number of benzene rings is 2. The second kappa shape index (κ2) is 10.3. The summed E-state index contributed by atoms with van der Waals surface area (Å²) >= 11 is 0. The van der Waals surface area contributed by atoms with E-state index in [2.05, 4.69) is 24.5 Å². The molecule has 0 aliphatic carbocycles. The van der Waals surface area contributed by atoms with Crippen LogP contribution in [0.25, 0.3) is 0 Å². The number of hydrogen-bond donors (Lipinski definition) is 2. The van der Waals surface area contributed by atoms with E-state index in [1.54, 1.807) is 37.4 Å². The van der Waals surface area contributed by atoms with E-state index in [0.29, 0.717) is 28.9 Å². The van der Waals surface area contributed by atoms with E-state index in [9.17, 15) is 9.59 Å². The molecule has 150 valence electrons. The zero-order valence-electron chi connectivity index (χ0n) is 16.8. The van der Waals surface area contributed by atoms with Gasteiger partial charge in [-0.2, -0.15) is 0 Å². The van der Waals surface area contributed by atoms with Gasteiger partial charge in [-0.05, 0) is 62.1 Å². The average Bonchev–Trinajstić information content (AvgIpc) is 2.68. The van der Waals surface area contributed by atoms with Gasteiger partial charge in [-0.1, -0.05) is 26.0 Å². The van der Waals surface area contributed by atoms with Crippen LogP contribution in [0.15, 0.2) is 48.5 Å². The van der Waals surface area contributed by atoms with E-state index in [0.717, 1.165) is 12.8 Å². The molecule has 2 amide bonds. The van der Waals surface area contributed by atoms with Crippen molar-refractivity contribution in [2.75, 3.05) is 12.4 Å². The Bertz CT molecular complexity index is 787. The van der Waals surface area contributed by atoms with E-state index in [1.807, 2.05) is 25.1 Å². The first-order valence-corrected chi connectivity index (χ1v) is 9.41. The molecule has 2 aromatic rings. The van der Waals surface area contributed by atoms with Crippen LogP contribution >= 0.6 is 0 Å². The Balaban J connectivity index is 1.89. The lowest BCUT2D eigenvalue weighted by Crippen LogP contribution is -2.40. The first-order chi connectivity index (χ1) is 13.4. The molecular formula is C22H28N2O4. The zero-order chi connectivity index (χ0) is 20.5. The molecule has 0 bridgehead atoms. The van der Waals surface area contributed by atoms with E-state index in [4.69, 9.17) is 9.47 Å². The van der Waals surface area contributed by atoms with Crippen LogP contribution in [0.1, 0.15) is 33.6 Å². The molecule has 0 saturated carbocycles. The Hall–Kier alpha value is -3.02. The SMILES string of the molecule is COc1ccccc1Oc1ccc(NC(=O)C(=O)NC(C)CCC(C)C)cc1. The maximum atomic E-state index is 12.1. The van der Waals surface area contributed by atoms with Gasteiger partial charge in [0.25, 0.3) is 0 Å². The summed E-state index contributed by atoms with van der Waals surface area (Å²) in [5.74, 6) is 1.05. The van der Waals surface area contributed by atoms with Crippen LogP contribution in [0.2, 0.25) is 0 Å². The summed E-state index contributed by atoms with van der Waals surface area (Å²) in [4.78, 5) is 24.1. The van der Waals surface area contributed by atoms with Crippen molar-refractivity contribution < 1.29 is 19.1 Å². The second-order valence-corrected chi connectivity index (χ2v) is 7.08. The highest BCUT2D eigenvalue weighted by Crippen LogP contribution is 2.31. The highest BCUT2D eigenvalue weighted by Gasteiger charge is 2.16. The fourth-order valence-electron chi connectivity index (χ4n) is 2.57. The third-order valence-corrected chi connectivity index (χ3v) is 4.17. The number of para-hydroxylation sites is 2. The molecule has 2 N–H and O–H groups in total. The Morgan fingerprint density at radius 2 is 1.54 bits per heavy atom. The fourth-order valence-corrected chi connectivity index (χ4v) is 2.57. The Morgan fingerprint density at radius 3 is 2.14 bits per heavy atom. The van der Waals surface area contributed by atoms with Crippen LogP contribution in [0.4, 0.5) is 5.69 Å². The van der Waals surface area contributed by atoms with Gasteiger partial charge in [-0.25, -0.2) is 0 Å². The first-order valence-electron chi connectivity index (χ1n) is 9.41. The number of rotatable bonds is 8. The molecule has 6 heteroatoms. The Morgan fingerprint density at radius 1 is 0.893 bits per heavy atom. The highest BCUT2D eigenvalue weighted by atomic mass is 16.5. The number of nitrogens with one attached hydrogen (secondary N) is 2. The number of carbonyl (C=O) groups excluding carboxylic acids is 2. The minimum atomic E-state index is -0.685. The predicted molar refractivity (Wildman–Crippen MR) is 110 cm³/mol. The average molecular weight is 384 g/mol. The van der Waals surface area contributed by atoms with Crippen molar-refractivity contribution in [1.29, 1.82) is 0 Å². The molecule has 0 radical (unpaired) electrons. The van der Waals surface area contributed by atoms with Gasteiger partial charge in [0.2, 0.25) is 0 Å². The van der Waals surface area contributed by atoms with Crippen molar-refractivity contribution in [3.63, 3.8) is 0 Å². The van der Waals surface area contributed by atoms with Gasteiger partial charge in [-0.3, -0.25) is 9.59 Å². The smallest absolute Gasteiger partial charge is 0.313 e. The van der Waals surface area contributed by atoms with Gasteiger partial charge < -0.3 is 20.1 Å². The van der Waals surface area contributed by atoms with E-state index in [1.165, 1.54) is 0 Å². The van der Waals surface area contributed by atoms with E-state index in [-0.39, 0.29) is 6.04 Å². The Labute approximate surface area is 166 Å². The molecule has 1 atom stereocenters. The van der Waals surface area contributed by atoms with Gasteiger partial charge in [0.1, 0.15) is 5.75 Å². The van der Waals surface area contributed by atoms with Gasteiger partial charge in [0, 0.05) is 11.7 Å². The maximum absolute atomic E-state index is 12.1. The molecular weight excluding hydrogens is 356 g/mol. The minimum Gasteiger partial charge on any atom is -0.493 e. The van der Waals surface area contributed by atoms with Gasteiger partial charge in [0.15, 0.2) is 11.5 Å². The second-order valence-electron chi connectivity index (χ2n) is 7.08. The van der Waals surface area contributed by atoms with Crippen LogP contribution in [-0.4, -0.2) is 25.0 Å². The van der Waals surface area contributed by atoms with Crippen molar-refractivity contribution in [2.45, 2.75) is 39.7 Å². The molecule has 0 heterocycles. The molecule has 2 aromatic carbocycles. The number of hydrogen-bond acceptors (Lipinski definition) is 4. The normalized spacial score (nSPS) is 11.6. The lowest BCUT2D eigenvalue weighted by Gasteiger charge is -2.15. The van der Waals surface area contributed by atoms with Gasteiger partial charge in [0.05, 0.1) is 7.11 Å². The quantitative estimate of drug-likeness (QED) is 0.663. The van der Waals surface area contributed by atoms with Crippen LogP contribution in [0.3, 0.4) is 0 Å². The number of carbonyl (C=O) groups is 2. The van der Waals surface area contributed by atoms with Crippen molar-refractivity contribution in [2.24, 2.45) is 5.92 Å². The van der Waals surface area contributed by atoms with E-state index >= 15 is 0 Å². The third-order valence-electron chi connectivity index (χ3n) is 4.17. The van der Waals surface area contributed by atoms with Crippen LogP contribution in [0.5, 0.6) is 17.2 Å². The topological polar surface area (TPSA) is 76.7 Å². The van der Waals surface area contributed by atoms with Gasteiger partial charge in [-0.15, -0.1) is 0 Å². The molecule has 0 aromatic heterocycles. The first kappa shape index (κ1) is 21.3. The van der Waals surface area contributed by atoms with Crippen molar-refractivity contribution in [3.8, 4) is 17.2 Å². The summed E-state index contributed by atoms with van der Waals surface area (Å²) in [6, 6.07) is 14.1. The summed E-state index contributed by atoms with van der Waals surface area (Å²) in [6.07, 6.45) is 1.84. The number of amides is 2. The molecule has 0 aliphatic rings. The van der Waals surface area contributed by atoms with Crippen molar-refractivity contribution in [1.82, 2.24) is 5.32 Å². The molecule has 0 spiro atoms. The fraction of sp³-hybridized carbons (Fsp3) is 0.364. The van der Waals surface area contributed by atoms with Crippen molar-refractivity contribution in [3.05, 3.63) is 48.5 Å². The largest absolute Gasteiger partial charge is 0.493 e. The summed E-state index contributed by atoms with van der Waals surface area (Å²) in [5.41, 5.74) is 0.516. The number of methoxy groups -OCH3 is 1. The molecule has 0 aliphatic heterocycles. The highest BCUT2D eigenvalue weighted by molar-refractivity contribution is 6.39. The molecule has 6 nitrogen and oxygen atoms in total. The summed E-state index contributed by atoms with van der Waals surface area (Å²) in [5, 5.41) is 5.32. The summed E-state index contributed by atoms with van der Waals surface area (Å²) in [6.45, 7) is 6.16. The maximum Gasteiger partial charge on any atom is 0.313 e. The molecule has 1 unspecified atom stereocenters. The van der Waals surface area contributed by atoms with Gasteiger partial charge >= 0.3 is 11.8 Å². The number of ether oxygens (including phenoxy) is 2. The summed E-state index contributed by atoms with van der Waals surface area (Å²) < 4.78 is 11.0. The predicted octanol–water partition coefficient (Wildman–Crippen LogP) is 4.37. The lowest BCUT2D eigenvalue weighted by atomic mass is 10.0. The monoisotopic (exact) mass is 384 g/mol. The van der Waals surface area contributed by atoms with Crippen LogP contribution in [-0.2, 0) is 9.59 Å². The molecule has 28 heavy (non-hydrogen) atoms. The van der Waals surface area contributed by atoms with Crippen LogP contribution < -0.4 is 20.1 Å². The summed E-state index contributed by atoms with van der Waals surface area (Å²) in [7, 11) is 1.58. The minimum absolute atomic E-state index is 0.0442. The number of anilines is 1. The van der Waals surface area contributed by atoms with Crippen molar-refractivity contribution >= 4 is 17.5 Å². The molecule has 0 saturated heterocycles. The zero-order valence-corrected chi connectivity index (χ0v) is 16.8. The lowest BCUT2D eigenvalue weighted by molar-refractivity contribution is -0.136. The van der Waals surface area contributed by atoms with E-state index < -0.39 is 11.8 Å². The Kier molecular flexibility index (Phi) is 7.87. The molecule has 0 fully saturated rings. The molecule has 2 rings (SSSR count).